The van der Waals surface area contributed by atoms with Gasteiger partial charge in [-0.3, -0.25) is 14.5 Å². The lowest BCUT2D eigenvalue weighted by atomic mass is 10.0. The number of halogens is 1. The molecule has 0 bridgehead atoms. The molecule has 3 aromatic rings. The van der Waals surface area contributed by atoms with Crippen molar-refractivity contribution in [3.63, 3.8) is 0 Å². The van der Waals surface area contributed by atoms with Crippen LogP contribution in [0.15, 0.2) is 88.7 Å². The van der Waals surface area contributed by atoms with Gasteiger partial charge in [0.15, 0.2) is 0 Å². The first-order chi connectivity index (χ1) is 14.6. The minimum Gasteiger partial charge on any atom is -0.496 e. The maximum Gasteiger partial charge on any atom is 0.268 e. The summed E-state index contributed by atoms with van der Waals surface area (Å²) in [5.74, 6) is -0.624. The van der Waals surface area contributed by atoms with Gasteiger partial charge in [0.2, 0.25) is 0 Å². The summed E-state index contributed by atoms with van der Waals surface area (Å²) in [6.45, 7) is 0.0649. The molecule has 30 heavy (non-hydrogen) atoms. The SMILES string of the molecule is COc1ccccc1C1=C(Sc2ccccc2)C(=O)N(Cc2ccc(F)cc2)C1=O. The van der Waals surface area contributed by atoms with Crippen LogP contribution in [0.3, 0.4) is 0 Å². The fourth-order valence-electron chi connectivity index (χ4n) is 3.26. The predicted molar refractivity (Wildman–Crippen MR) is 114 cm³/mol. The van der Waals surface area contributed by atoms with Gasteiger partial charge in [-0.15, -0.1) is 0 Å². The molecule has 0 saturated carbocycles. The molecule has 1 aliphatic rings. The van der Waals surface area contributed by atoms with Crippen LogP contribution in [0.25, 0.3) is 5.57 Å². The first-order valence-corrected chi connectivity index (χ1v) is 10.1. The van der Waals surface area contributed by atoms with E-state index in [-0.39, 0.29) is 18.3 Å². The van der Waals surface area contributed by atoms with E-state index >= 15 is 0 Å². The van der Waals surface area contributed by atoms with Crippen molar-refractivity contribution in [2.75, 3.05) is 7.11 Å². The number of hydrogen-bond donors (Lipinski definition) is 0. The lowest BCUT2D eigenvalue weighted by Gasteiger charge is -2.15. The molecule has 3 aromatic carbocycles. The minimum atomic E-state index is -0.396. The van der Waals surface area contributed by atoms with Gasteiger partial charge in [-0.2, -0.15) is 0 Å². The highest BCUT2D eigenvalue weighted by atomic mass is 32.2. The molecule has 1 aliphatic heterocycles. The average Bonchev–Trinajstić information content (AvgIpc) is 3.00. The van der Waals surface area contributed by atoms with E-state index < -0.39 is 5.91 Å². The molecule has 0 aliphatic carbocycles. The van der Waals surface area contributed by atoms with E-state index in [9.17, 15) is 14.0 Å². The molecule has 6 heteroatoms. The summed E-state index contributed by atoms with van der Waals surface area (Å²) in [7, 11) is 1.53. The first-order valence-electron chi connectivity index (χ1n) is 9.29. The molecule has 150 valence electrons. The number of benzene rings is 3. The number of carbonyl (C=O) groups is 2. The van der Waals surface area contributed by atoms with Crippen LogP contribution in [-0.4, -0.2) is 23.8 Å². The van der Waals surface area contributed by atoms with E-state index in [2.05, 4.69) is 0 Å². The van der Waals surface area contributed by atoms with Gasteiger partial charge >= 0.3 is 0 Å². The number of nitrogens with zero attached hydrogens (tertiary/aromatic N) is 1. The van der Waals surface area contributed by atoms with E-state index in [0.717, 1.165) is 4.90 Å². The van der Waals surface area contributed by atoms with Gasteiger partial charge in [0.05, 0.1) is 24.1 Å². The topological polar surface area (TPSA) is 46.6 Å². The number of amides is 2. The number of hydrogen-bond acceptors (Lipinski definition) is 4. The molecule has 0 aromatic heterocycles. The Hall–Kier alpha value is -3.38. The Balaban J connectivity index is 1.77. The highest BCUT2D eigenvalue weighted by Gasteiger charge is 2.40. The van der Waals surface area contributed by atoms with E-state index in [1.807, 2.05) is 36.4 Å². The van der Waals surface area contributed by atoms with Crippen LogP contribution in [0, 0.1) is 5.82 Å². The van der Waals surface area contributed by atoms with Crippen molar-refractivity contribution in [2.45, 2.75) is 11.4 Å². The minimum absolute atomic E-state index is 0.0649. The summed E-state index contributed by atoms with van der Waals surface area (Å²) in [4.78, 5) is 29.0. The van der Waals surface area contributed by atoms with Crippen LogP contribution < -0.4 is 4.74 Å². The molecule has 1 heterocycles. The van der Waals surface area contributed by atoms with Crippen LogP contribution in [-0.2, 0) is 16.1 Å². The van der Waals surface area contributed by atoms with Crippen molar-refractivity contribution in [1.82, 2.24) is 4.90 Å². The van der Waals surface area contributed by atoms with Crippen LogP contribution in [0.5, 0.6) is 5.75 Å². The van der Waals surface area contributed by atoms with Crippen LogP contribution in [0.2, 0.25) is 0 Å². The van der Waals surface area contributed by atoms with Gasteiger partial charge in [-0.1, -0.05) is 60.3 Å². The maximum atomic E-state index is 13.4. The fraction of sp³-hybridized carbons (Fsp3) is 0.0833. The number of ether oxygens (including phenoxy) is 1. The number of methoxy groups -OCH3 is 1. The molecule has 0 spiro atoms. The number of carbonyl (C=O) groups excluding carboxylic acids is 2. The molecule has 4 nitrogen and oxygen atoms in total. The van der Waals surface area contributed by atoms with Crippen molar-refractivity contribution in [3.8, 4) is 5.75 Å². The smallest absolute Gasteiger partial charge is 0.268 e. The highest BCUT2D eigenvalue weighted by molar-refractivity contribution is 8.04. The van der Waals surface area contributed by atoms with E-state index in [1.54, 1.807) is 30.3 Å². The third-order valence-corrected chi connectivity index (χ3v) is 5.81. The molecule has 0 atom stereocenters. The normalized spacial score (nSPS) is 13.9. The Morgan fingerprint density at radius 3 is 2.23 bits per heavy atom. The third-order valence-electron chi connectivity index (χ3n) is 4.72. The van der Waals surface area contributed by atoms with Gasteiger partial charge < -0.3 is 4.74 Å². The van der Waals surface area contributed by atoms with Gasteiger partial charge in [0.1, 0.15) is 11.6 Å². The lowest BCUT2D eigenvalue weighted by Crippen LogP contribution is -2.30. The summed E-state index contributed by atoms with van der Waals surface area (Å²) in [5.41, 5.74) is 1.55. The maximum absolute atomic E-state index is 13.4. The molecular formula is C24H18FNO3S. The summed E-state index contributed by atoms with van der Waals surface area (Å²) >= 11 is 1.25. The zero-order chi connectivity index (χ0) is 21.1. The fourth-order valence-corrected chi connectivity index (χ4v) is 4.29. The lowest BCUT2D eigenvalue weighted by molar-refractivity contribution is -0.137. The Morgan fingerprint density at radius 1 is 0.867 bits per heavy atom. The Labute approximate surface area is 178 Å². The van der Waals surface area contributed by atoms with Crippen molar-refractivity contribution < 1.29 is 18.7 Å². The molecule has 0 N–H and O–H groups in total. The monoisotopic (exact) mass is 419 g/mol. The summed E-state index contributed by atoms with van der Waals surface area (Å²) in [6.07, 6.45) is 0. The molecule has 4 rings (SSSR count). The van der Waals surface area contributed by atoms with E-state index in [1.165, 1.54) is 35.9 Å². The number of rotatable bonds is 6. The van der Waals surface area contributed by atoms with Crippen LogP contribution >= 0.6 is 11.8 Å². The Bertz CT molecular complexity index is 1130. The van der Waals surface area contributed by atoms with Gasteiger partial charge in [0.25, 0.3) is 11.8 Å². The zero-order valence-corrected chi connectivity index (χ0v) is 17.0. The molecular weight excluding hydrogens is 401 g/mol. The number of para-hydroxylation sites is 1. The number of imide groups is 1. The van der Waals surface area contributed by atoms with Gasteiger partial charge in [-0.25, -0.2) is 4.39 Å². The van der Waals surface area contributed by atoms with Gasteiger partial charge in [0, 0.05) is 10.5 Å². The molecule has 0 radical (unpaired) electrons. The Kier molecular flexibility index (Phi) is 5.68. The third kappa shape index (κ3) is 3.86. The summed E-state index contributed by atoms with van der Waals surface area (Å²) in [6, 6.07) is 22.3. The number of thioether (sulfide) groups is 1. The van der Waals surface area contributed by atoms with Crippen molar-refractivity contribution >= 4 is 29.1 Å². The first kappa shape index (κ1) is 19.9. The van der Waals surface area contributed by atoms with Crippen molar-refractivity contribution in [1.29, 1.82) is 0 Å². The standard InChI is InChI=1S/C24H18FNO3S/c1-29-20-10-6-5-9-19(20)21-22(30-18-7-3-2-4-8-18)24(28)26(23(21)27)15-16-11-13-17(25)14-12-16/h2-14H,15H2,1H3. The quantitative estimate of drug-likeness (QED) is 0.533. The second-order valence-corrected chi connectivity index (χ2v) is 7.73. The average molecular weight is 419 g/mol. The second kappa shape index (κ2) is 8.55. The molecule has 0 fully saturated rings. The van der Waals surface area contributed by atoms with Crippen LogP contribution in [0.4, 0.5) is 4.39 Å². The summed E-state index contributed by atoms with van der Waals surface area (Å²) < 4.78 is 18.7. The highest BCUT2D eigenvalue weighted by Crippen LogP contribution is 2.42. The summed E-state index contributed by atoms with van der Waals surface area (Å²) in [5, 5.41) is 0. The molecule has 2 amide bonds. The van der Waals surface area contributed by atoms with Crippen molar-refractivity contribution in [3.05, 3.63) is 101 Å². The molecule has 0 saturated heterocycles. The zero-order valence-electron chi connectivity index (χ0n) is 16.2. The van der Waals surface area contributed by atoms with E-state index in [4.69, 9.17) is 4.74 Å². The van der Waals surface area contributed by atoms with Gasteiger partial charge in [-0.05, 0) is 35.9 Å². The van der Waals surface area contributed by atoms with E-state index in [0.29, 0.717) is 27.4 Å². The van der Waals surface area contributed by atoms with Crippen molar-refractivity contribution in [2.24, 2.45) is 0 Å². The van der Waals surface area contributed by atoms with Crippen LogP contribution in [0.1, 0.15) is 11.1 Å². The predicted octanol–water partition coefficient (Wildman–Crippen LogP) is 4.91. The Morgan fingerprint density at radius 2 is 1.53 bits per heavy atom. The largest absolute Gasteiger partial charge is 0.496 e. The second-order valence-electron chi connectivity index (χ2n) is 6.64. The molecule has 0 unspecified atom stereocenters.